The second kappa shape index (κ2) is 6.00. The number of carbonyl (C=O) groups excluding carboxylic acids is 1. The molecular weight excluding hydrogens is 334 g/mol. The third-order valence-corrected chi connectivity index (χ3v) is 5.63. The van der Waals surface area contributed by atoms with Crippen molar-refractivity contribution in [3.8, 4) is 0 Å². The first-order valence-corrected chi connectivity index (χ1v) is 8.48. The number of nitrogens with one attached hydrogen (secondary N) is 2. The smallest absolute Gasteiger partial charge is 0.273 e. The molecule has 0 aliphatic heterocycles. The first-order chi connectivity index (χ1) is 9.83. The van der Waals surface area contributed by atoms with E-state index in [0.717, 1.165) is 11.3 Å². The summed E-state index contributed by atoms with van der Waals surface area (Å²) in [5.41, 5.74) is 1.39. The lowest BCUT2D eigenvalue weighted by Gasteiger charge is -2.10. The SMILES string of the molecule is CNC(=O)c1ccc(C)c(NS(=O)(=O)c2cnc(Cl)s2)c1. The molecule has 1 amide bonds. The van der Waals surface area contributed by atoms with E-state index in [1.54, 1.807) is 19.1 Å². The van der Waals surface area contributed by atoms with Gasteiger partial charge in [-0.05, 0) is 24.6 Å². The topological polar surface area (TPSA) is 88.2 Å². The van der Waals surface area contributed by atoms with Crippen molar-refractivity contribution >= 4 is 44.6 Å². The number of anilines is 1. The molecule has 0 aliphatic carbocycles. The molecule has 0 aliphatic rings. The molecular formula is C12H12ClN3O3S2. The van der Waals surface area contributed by atoms with Crippen molar-refractivity contribution in [1.29, 1.82) is 0 Å². The number of benzene rings is 1. The van der Waals surface area contributed by atoms with Crippen LogP contribution < -0.4 is 10.0 Å². The number of amides is 1. The highest BCUT2D eigenvalue weighted by molar-refractivity contribution is 7.94. The van der Waals surface area contributed by atoms with Crippen LogP contribution in [0.15, 0.2) is 28.6 Å². The zero-order chi connectivity index (χ0) is 15.6. The molecule has 21 heavy (non-hydrogen) atoms. The van der Waals surface area contributed by atoms with Crippen LogP contribution >= 0.6 is 22.9 Å². The Kier molecular flexibility index (Phi) is 4.50. The van der Waals surface area contributed by atoms with E-state index in [1.807, 2.05) is 0 Å². The highest BCUT2D eigenvalue weighted by Crippen LogP contribution is 2.26. The minimum Gasteiger partial charge on any atom is -0.355 e. The summed E-state index contributed by atoms with van der Waals surface area (Å²) in [6.07, 6.45) is 1.19. The molecule has 1 aromatic carbocycles. The van der Waals surface area contributed by atoms with Gasteiger partial charge in [0.15, 0.2) is 8.68 Å². The molecule has 0 spiro atoms. The maximum atomic E-state index is 12.2. The van der Waals surface area contributed by atoms with Crippen molar-refractivity contribution in [2.75, 3.05) is 11.8 Å². The second-order valence-corrected chi connectivity index (χ2v) is 7.67. The third kappa shape index (κ3) is 3.52. The van der Waals surface area contributed by atoms with Crippen molar-refractivity contribution in [2.45, 2.75) is 11.1 Å². The van der Waals surface area contributed by atoms with Crippen LogP contribution in [0, 0.1) is 6.92 Å². The molecule has 6 nitrogen and oxygen atoms in total. The van der Waals surface area contributed by atoms with Gasteiger partial charge >= 0.3 is 0 Å². The Labute approximate surface area is 131 Å². The molecule has 0 fully saturated rings. The number of halogens is 1. The van der Waals surface area contributed by atoms with Crippen LogP contribution in [0.5, 0.6) is 0 Å². The predicted molar refractivity (Wildman–Crippen MR) is 82.5 cm³/mol. The number of hydrogen-bond donors (Lipinski definition) is 2. The lowest BCUT2D eigenvalue weighted by Crippen LogP contribution is -2.19. The van der Waals surface area contributed by atoms with E-state index in [-0.39, 0.29) is 14.6 Å². The summed E-state index contributed by atoms with van der Waals surface area (Å²) in [6.45, 7) is 1.74. The normalized spacial score (nSPS) is 11.2. The summed E-state index contributed by atoms with van der Waals surface area (Å²) in [5.74, 6) is -0.295. The summed E-state index contributed by atoms with van der Waals surface area (Å²) in [4.78, 5) is 15.3. The Bertz CT molecular complexity index is 787. The van der Waals surface area contributed by atoms with Gasteiger partial charge < -0.3 is 5.32 Å². The molecule has 0 radical (unpaired) electrons. The Hall–Kier alpha value is -1.64. The fourth-order valence-electron chi connectivity index (χ4n) is 1.58. The molecule has 0 atom stereocenters. The number of aromatic nitrogens is 1. The third-order valence-electron chi connectivity index (χ3n) is 2.69. The largest absolute Gasteiger partial charge is 0.355 e. The maximum Gasteiger partial charge on any atom is 0.273 e. The number of hydrogen-bond acceptors (Lipinski definition) is 5. The highest BCUT2D eigenvalue weighted by atomic mass is 35.5. The highest BCUT2D eigenvalue weighted by Gasteiger charge is 2.19. The lowest BCUT2D eigenvalue weighted by atomic mass is 10.1. The molecule has 0 saturated carbocycles. The van der Waals surface area contributed by atoms with Crippen LogP contribution in [0.1, 0.15) is 15.9 Å². The first kappa shape index (κ1) is 15.7. The van der Waals surface area contributed by atoms with Gasteiger partial charge in [0, 0.05) is 12.6 Å². The van der Waals surface area contributed by atoms with Crippen molar-refractivity contribution in [3.05, 3.63) is 40.0 Å². The molecule has 0 saturated heterocycles. The summed E-state index contributed by atoms with van der Waals surface area (Å²) in [5, 5.41) is 2.48. The first-order valence-electron chi connectivity index (χ1n) is 5.80. The number of nitrogens with zero attached hydrogens (tertiary/aromatic N) is 1. The second-order valence-electron chi connectivity index (χ2n) is 4.15. The summed E-state index contributed by atoms with van der Waals surface area (Å²) >= 11 is 6.51. The van der Waals surface area contributed by atoms with Crippen LogP contribution in [-0.4, -0.2) is 26.4 Å². The fraction of sp³-hybridized carbons (Fsp3) is 0.167. The average Bonchev–Trinajstić information content (AvgIpc) is 2.87. The van der Waals surface area contributed by atoms with Gasteiger partial charge in [-0.15, -0.1) is 0 Å². The molecule has 0 bridgehead atoms. The van der Waals surface area contributed by atoms with E-state index >= 15 is 0 Å². The molecule has 2 aromatic rings. The van der Waals surface area contributed by atoms with Gasteiger partial charge in [-0.2, -0.15) is 0 Å². The quantitative estimate of drug-likeness (QED) is 0.889. The van der Waals surface area contributed by atoms with Crippen LogP contribution in [0.4, 0.5) is 5.69 Å². The molecule has 1 aromatic heterocycles. The average molecular weight is 346 g/mol. The molecule has 2 rings (SSSR count). The lowest BCUT2D eigenvalue weighted by molar-refractivity contribution is 0.0963. The van der Waals surface area contributed by atoms with E-state index in [9.17, 15) is 13.2 Å². The monoisotopic (exact) mass is 345 g/mol. The van der Waals surface area contributed by atoms with Crippen molar-refractivity contribution in [1.82, 2.24) is 10.3 Å². The van der Waals surface area contributed by atoms with Gasteiger partial charge in [0.1, 0.15) is 0 Å². The van der Waals surface area contributed by atoms with Crippen molar-refractivity contribution in [2.24, 2.45) is 0 Å². The Balaban J connectivity index is 2.37. The molecule has 0 unspecified atom stereocenters. The van der Waals surface area contributed by atoms with Gasteiger partial charge in [0.2, 0.25) is 0 Å². The summed E-state index contributed by atoms with van der Waals surface area (Å²) in [7, 11) is -2.27. The molecule has 2 N–H and O–H groups in total. The summed E-state index contributed by atoms with van der Waals surface area (Å²) < 4.78 is 27.0. The van der Waals surface area contributed by atoms with Crippen LogP contribution in [0.3, 0.4) is 0 Å². The van der Waals surface area contributed by atoms with E-state index in [2.05, 4.69) is 15.0 Å². The number of sulfonamides is 1. The Morgan fingerprint density at radius 3 is 2.67 bits per heavy atom. The molecule has 1 heterocycles. The summed E-state index contributed by atoms with van der Waals surface area (Å²) in [6, 6.07) is 4.77. The standard InChI is InChI=1S/C12H12ClN3O3S2/c1-7-3-4-8(11(17)14-2)5-9(7)16-21(18,19)10-6-15-12(13)20-10/h3-6,16H,1-2H3,(H,14,17). The van der Waals surface area contributed by atoms with Gasteiger partial charge in [-0.25, -0.2) is 13.4 Å². The van der Waals surface area contributed by atoms with Gasteiger partial charge in [-0.3, -0.25) is 9.52 Å². The maximum absolute atomic E-state index is 12.2. The van der Waals surface area contributed by atoms with Crippen LogP contribution in [0.25, 0.3) is 0 Å². The van der Waals surface area contributed by atoms with E-state index in [1.165, 1.54) is 19.3 Å². The fourth-order valence-corrected chi connectivity index (χ4v) is 3.99. The van der Waals surface area contributed by atoms with Gasteiger partial charge in [-0.1, -0.05) is 29.0 Å². The minimum atomic E-state index is -3.77. The minimum absolute atomic E-state index is 0.0113. The Morgan fingerprint density at radius 1 is 1.38 bits per heavy atom. The predicted octanol–water partition coefficient (Wildman–Crippen LogP) is 2.27. The molecule has 9 heteroatoms. The van der Waals surface area contributed by atoms with E-state index < -0.39 is 10.0 Å². The van der Waals surface area contributed by atoms with E-state index in [4.69, 9.17) is 11.6 Å². The molecule has 112 valence electrons. The van der Waals surface area contributed by atoms with Gasteiger partial charge in [0.05, 0.1) is 11.9 Å². The Morgan fingerprint density at radius 2 is 2.10 bits per heavy atom. The zero-order valence-electron chi connectivity index (χ0n) is 11.2. The van der Waals surface area contributed by atoms with Crippen LogP contribution in [-0.2, 0) is 10.0 Å². The zero-order valence-corrected chi connectivity index (χ0v) is 13.6. The number of carbonyl (C=O) groups is 1. The van der Waals surface area contributed by atoms with Crippen LogP contribution in [0.2, 0.25) is 4.47 Å². The number of aryl methyl sites for hydroxylation is 1. The van der Waals surface area contributed by atoms with Crippen molar-refractivity contribution < 1.29 is 13.2 Å². The number of thiazole rings is 1. The number of rotatable bonds is 4. The van der Waals surface area contributed by atoms with Crippen molar-refractivity contribution in [3.63, 3.8) is 0 Å². The van der Waals surface area contributed by atoms with E-state index in [0.29, 0.717) is 16.8 Å². The van der Waals surface area contributed by atoms with Gasteiger partial charge in [0.25, 0.3) is 15.9 Å².